The number of hydrogen-bond donors (Lipinski definition) is 2. The molecule has 0 radical (unpaired) electrons. The third-order valence-corrected chi connectivity index (χ3v) is 3.06. The zero-order valence-corrected chi connectivity index (χ0v) is 11.2. The fraction of sp³-hybridized carbons (Fsp3) is 0.692. The smallest absolute Gasteiger partial charge is 0.221 e. The van der Waals surface area contributed by atoms with Crippen LogP contribution in [0.25, 0.3) is 0 Å². The van der Waals surface area contributed by atoms with E-state index in [1.807, 2.05) is 11.6 Å². The van der Waals surface area contributed by atoms with Crippen LogP contribution in [0, 0.1) is 6.92 Å². The number of amides is 1. The number of aryl methyl sites for hydroxylation is 2. The molecule has 0 bridgehead atoms. The number of carbonyl (C=O) groups excluding carboxylic acids is 1. The van der Waals surface area contributed by atoms with Crippen LogP contribution >= 0.6 is 0 Å². The van der Waals surface area contributed by atoms with Crippen LogP contribution in [0.15, 0.2) is 6.07 Å². The Morgan fingerprint density at radius 3 is 3.00 bits per heavy atom. The molecule has 5 nitrogen and oxygen atoms in total. The van der Waals surface area contributed by atoms with Crippen LogP contribution in [0.2, 0.25) is 0 Å². The second kappa shape index (κ2) is 6.00. The van der Waals surface area contributed by atoms with Crippen molar-refractivity contribution in [1.82, 2.24) is 20.4 Å². The summed E-state index contributed by atoms with van der Waals surface area (Å²) in [6, 6.07) is 2.54. The van der Waals surface area contributed by atoms with Crippen molar-refractivity contribution >= 4 is 5.91 Å². The second-order valence-corrected chi connectivity index (χ2v) is 4.86. The molecule has 1 saturated carbocycles. The number of aromatic nitrogens is 2. The van der Waals surface area contributed by atoms with E-state index in [1.165, 1.54) is 5.69 Å². The molecule has 1 heterocycles. The van der Waals surface area contributed by atoms with E-state index in [1.54, 1.807) is 0 Å². The van der Waals surface area contributed by atoms with Gasteiger partial charge in [-0.3, -0.25) is 9.48 Å². The lowest BCUT2D eigenvalue weighted by Gasteiger charge is -2.07. The molecule has 1 aliphatic rings. The van der Waals surface area contributed by atoms with Gasteiger partial charge in [0.05, 0.1) is 11.4 Å². The van der Waals surface area contributed by atoms with Gasteiger partial charge < -0.3 is 10.6 Å². The molecular weight excluding hydrogens is 228 g/mol. The van der Waals surface area contributed by atoms with Gasteiger partial charge in [-0.1, -0.05) is 0 Å². The standard InChI is InChI=1S/C13H22N4O/c1-3-17-12(8-10(2)16-17)9-14-7-6-13(18)15-11-4-5-11/h8,11,14H,3-7,9H2,1-2H3,(H,15,18). The van der Waals surface area contributed by atoms with Crippen LogP contribution in [-0.2, 0) is 17.9 Å². The van der Waals surface area contributed by atoms with Crippen LogP contribution in [0.3, 0.4) is 0 Å². The SMILES string of the molecule is CCn1nc(C)cc1CNCCC(=O)NC1CC1. The molecule has 0 aromatic carbocycles. The van der Waals surface area contributed by atoms with Crippen molar-refractivity contribution in [3.63, 3.8) is 0 Å². The van der Waals surface area contributed by atoms with Gasteiger partial charge in [-0.2, -0.15) is 5.10 Å². The van der Waals surface area contributed by atoms with Crippen LogP contribution in [-0.4, -0.2) is 28.3 Å². The van der Waals surface area contributed by atoms with E-state index >= 15 is 0 Å². The zero-order chi connectivity index (χ0) is 13.0. The minimum Gasteiger partial charge on any atom is -0.353 e. The Hall–Kier alpha value is -1.36. The van der Waals surface area contributed by atoms with E-state index in [2.05, 4.69) is 28.7 Å². The van der Waals surface area contributed by atoms with Crippen LogP contribution in [0.5, 0.6) is 0 Å². The largest absolute Gasteiger partial charge is 0.353 e. The molecule has 18 heavy (non-hydrogen) atoms. The molecule has 0 spiro atoms. The summed E-state index contributed by atoms with van der Waals surface area (Å²) in [6.45, 7) is 6.45. The van der Waals surface area contributed by atoms with Crippen molar-refractivity contribution in [3.8, 4) is 0 Å². The molecule has 2 N–H and O–H groups in total. The quantitative estimate of drug-likeness (QED) is 0.709. The normalized spacial score (nSPS) is 14.8. The molecule has 1 fully saturated rings. The molecule has 1 amide bonds. The number of carbonyl (C=O) groups is 1. The summed E-state index contributed by atoms with van der Waals surface area (Å²) in [7, 11) is 0. The van der Waals surface area contributed by atoms with E-state index in [4.69, 9.17) is 0 Å². The van der Waals surface area contributed by atoms with Gasteiger partial charge in [0.25, 0.3) is 0 Å². The number of hydrogen-bond acceptors (Lipinski definition) is 3. The maximum Gasteiger partial charge on any atom is 0.221 e. The minimum atomic E-state index is 0.158. The Morgan fingerprint density at radius 2 is 2.33 bits per heavy atom. The highest BCUT2D eigenvalue weighted by molar-refractivity contribution is 5.76. The lowest BCUT2D eigenvalue weighted by Crippen LogP contribution is -2.29. The molecule has 1 aromatic rings. The molecule has 0 unspecified atom stereocenters. The van der Waals surface area contributed by atoms with Crippen molar-refractivity contribution in [1.29, 1.82) is 0 Å². The summed E-state index contributed by atoms with van der Waals surface area (Å²) in [5, 5.41) is 10.7. The second-order valence-electron chi connectivity index (χ2n) is 4.86. The van der Waals surface area contributed by atoms with Crippen molar-refractivity contribution in [2.75, 3.05) is 6.54 Å². The molecule has 0 aliphatic heterocycles. The topological polar surface area (TPSA) is 59.0 Å². The molecule has 1 aromatic heterocycles. The summed E-state index contributed by atoms with van der Waals surface area (Å²) in [5.41, 5.74) is 2.22. The first kappa shape index (κ1) is 13.1. The third-order valence-electron chi connectivity index (χ3n) is 3.06. The maximum atomic E-state index is 11.5. The first-order valence-electron chi connectivity index (χ1n) is 6.72. The highest BCUT2D eigenvalue weighted by Gasteiger charge is 2.22. The average molecular weight is 250 g/mol. The lowest BCUT2D eigenvalue weighted by molar-refractivity contribution is -0.121. The third kappa shape index (κ3) is 3.84. The van der Waals surface area contributed by atoms with Gasteiger partial charge in [-0.15, -0.1) is 0 Å². The Morgan fingerprint density at radius 1 is 1.56 bits per heavy atom. The minimum absolute atomic E-state index is 0.158. The maximum absolute atomic E-state index is 11.5. The van der Waals surface area contributed by atoms with Gasteiger partial charge in [0.15, 0.2) is 0 Å². The van der Waals surface area contributed by atoms with Gasteiger partial charge in [0, 0.05) is 32.1 Å². The predicted octanol–water partition coefficient (Wildman–Crippen LogP) is 0.970. The monoisotopic (exact) mass is 250 g/mol. The van der Waals surface area contributed by atoms with Crippen LogP contribution < -0.4 is 10.6 Å². The Kier molecular flexibility index (Phi) is 4.36. The summed E-state index contributed by atoms with van der Waals surface area (Å²) in [5.74, 6) is 0.158. The van der Waals surface area contributed by atoms with Crippen molar-refractivity contribution in [2.24, 2.45) is 0 Å². The highest BCUT2D eigenvalue weighted by Crippen LogP contribution is 2.18. The fourth-order valence-corrected chi connectivity index (χ4v) is 1.96. The Labute approximate surface area is 108 Å². The van der Waals surface area contributed by atoms with Crippen LogP contribution in [0.1, 0.15) is 37.6 Å². The van der Waals surface area contributed by atoms with Gasteiger partial charge in [0.1, 0.15) is 0 Å². The van der Waals surface area contributed by atoms with Gasteiger partial charge in [-0.05, 0) is 32.8 Å². The Bertz CT molecular complexity index is 409. The van der Waals surface area contributed by atoms with E-state index in [0.29, 0.717) is 19.0 Å². The molecule has 0 saturated heterocycles. The van der Waals surface area contributed by atoms with E-state index < -0.39 is 0 Å². The molecule has 5 heteroatoms. The van der Waals surface area contributed by atoms with Crippen molar-refractivity contribution in [3.05, 3.63) is 17.5 Å². The van der Waals surface area contributed by atoms with E-state index in [0.717, 1.165) is 31.6 Å². The zero-order valence-electron chi connectivity index (χ0n) is 11.2. The lowest BCUT2D eigenvalue weighted by atomic mass is 10.3. The molecule has 100 valence electrons. The first-order chi connectivity index (χ1) is 8.69. The Balaban J connectivity index is 1.66. The highest BCUT2D eigenvalue weighted by atomic mass is 16.1. The number of nitrogens with one attached hydrogen (secondary N) is 2. The molecular formula is C13H22N4O. The van der Waals surface area contributed by atoms with Crippen molar-refractivity contribution < 1.29 is 4.79 Å². The summed E-state index contributed by atoms with van der Waals surface area (Å²) in [4.78, 5) is 11.5. The van der Waals surface area contributed by atoms with Gasteiger partial charge in [-0.25, -0.2) is 0 Å². The molecule has 2 rings (SSSR count). The molecule has 1 aliphatic carbocycles. The summed E-state index contributed by atoms with van der Waals surface area (Å²) < 4.78 is 1.99. The summed E-state index contributed by atoms with van der Waals surface area (Å²) in [6.07, 6.45) is 2.85. The van der Waals surface area contributed by atoms with Gasteiger partial charge >= 0.3 is 0 Å². The van der Waals surface area contributed by atoms with Crippen LogP contribution in [0.4, 0.5) is 0 Å². The average Bonchev–Trinajstić information content (AvgIpc) is 3.06. The number of nitrogens with zero attached hydrogens (tertiary/aromatic N) is 2. The van der Waals surface area contributed by atoms with Gasteiger partial charge in [0.2, 0.25) is 5.91 Å². The molecule has 0 atom stereocenters. The van der Waals surface area contributed by atoms with Crippen molar-refractivity contribution in [2.45, 2.75) is 52.2 Å². The predicted molar refractivity (Wildman–Crippen MR) is 70.1 cm³/mol. The number of rotatable bonds is 7. The summed E-state index contributed by atoms with van der Waals surface area (Å²) >= 11 is 0. The first-order valence-corrected chi connectivity index (χ1v) is 6.72. The fourth-order valence-electron chi connectivity index (χ4n) is 1.96. The van der Waals surface area contributed by atoms with E-state index in [-0.39, 0.29) is 5.91 Å². The van der Waals surface area contributed by atoms with E-state index in [9.17, 15) is 4.79 Å².